The van der Waals surface area contributed by atoms with E-state index in [-0.39, 0.29) is 0 Å². The first-order chi connectivity index (χ1) is 6.00. The number of hydrogen-bond acceptors (Lipinski definition) is 1. The molecule has 0 fully saturated rings. The Labute approximate surface area is 118 Å². The lowest BCUT2D eigenvalue weighted by Crippen LogP contribution is -2.00. The van der Waals surface area contributed by atoms with E-state index in [9.17, 15) is 0 Å². The molecule has 2 N–H and O–H groups in total. The van der Waals surface area contributed by atoms with Crippen molar-refractivity contribution in [2.75, 3.05) is 0 Å². The quantitative estimate of drug-likeness (QED) is 0.427. The van der Waals surface area contributed by atoms with E-state index in [1.807, 2.05) is 0 Å². The lowest BCUT2D eigenvalue weighted by atomic mass is 10.2. The van der Waals surface area contributed by atoms with Gasteiger partial charge in [0, 0.05) is 28.9 Å². The fourth-order valence-corrected chi connectivity index (χ4v) is 4.28. The third-order valence-electron chi connectivity index (χ3n) is 1.50. The molecule has 0 spiro atoms. The van der Waals surface area contributed by atoms with E-state index in [2.05, 4.69) is 79.6 Å². The van der Waals surface area contributed by atoms with Gasteiger partial charge in [0.25, 0.3) is 0 Å². The van der Waals surface area contributed by atoms with Gasteiger partial charge in [-0.1, -0.05) is 0 Å². The van der Waals surface area contributed by atoms with Crippen LogP contribution in [0.2, 0.25) is 0 Å². The highest BCUT2D eigenvalue weighted by Gasteiger charge is 2.15. The number of nitrogens with two attached hydrogens (primary N) is 1. The third-order valence-corrected chi connectivity index (χ3v) is 7.76. The van der Waals surface area contributed by atoms with Crippen molar-refractivity contribution in [2.45, 2.75) is 6.54 Å². The molecule has 0 atom stereocenters. The van der Waals surface area contributed by atoms with Gasteiger partial charge >= 0.3 is 0 Å². The molecule has 0 amide bonds. The summed E-state index contributed by atoms with van der Waals surface area (Å²) in [5.41, 5.74) is 6.65. The van der Waals surface area contributed by atoms with Crippen LogP contribution in [0.3, 0.4) is 0 Å². The van der Waals surface area contributed by atoms with E-state index in [1.54, 1.807) is 0 Å². The maximum atomic E-state index is 5.62. The summed E-state index contributed by atoms with van der Waals surface area (Å²) >= 11 is 17.3. The Hall–Kier alpha value is 1.58. The smallest absolute Gasteiger partial charge is 0.0482 e. The monoisotopic (exact) mass is 497 g/mol. The molecule has 0 aliphatic rings. The molecule has 1 rings (SSSR count). The lowest BCUT2D eigenvalue weighted by Gasteiger charge is -2.11. The largest absolute Gasteiger partial charge is 0.326 e. The minimum absolute atomic E-state index is 0.478. The molecule has 0 heterocycles. The molecule has 0 aromatic heterocycles. The Kier molecular flexibility index (Phi) is 4.94. The molecule has 1 nitrogen and oxygen atoms in total. The molecule has 0 saturated carbocycles. The van der Waals surface area contributed by atoms with Gasteiger partial charge in [-0.2, -0.15) is 0 Å². The Morgan fingerprint density at radius 2 is 1.00 bits per heavy atom. The highest BCUT2D eigenvalue weighted by atomic mass is 79.9. The van der Waals surface area contributed by atoms with Gasteiger partial charge in [-0.05, 0) is 85.2 Å². The van der Waals surface area contributed by atoms with Gasteiger partial charge < -0.3 is 5.73 Å². The molecule has 72 valence electrons. The van der Waals surface area contributed by atoms with Crippen LogP contribution in [-0.4, -0.2) is 0 Å². The third kappa shape index (κ3) is 2.39. The van der Waals surface area contributed by atoms with Gasteiger partial charge in [0.05, 0.1) is 0 Å². The molecule has 1 aromatic carbocycles. The molecule has 0 radical (unpaired) electrons. The summed E-state index contributed by atoms with van der Waals surface area (Å²) in [4.78, 5) is 0. The zero-order valence-electron chi connectivity index (χ0n) is 6.17. The van der Waals surface area contributed by atoms with Gasteiger partial charge in [-0.3, -0.25) is 0 Å². The molecular weight excluding hydrogens is 498 g/mol. The fourth-order valence-electron chi connectivity index (χ4n) is 0.830. The molecule has 0 aliphatic carbocycles. The normalized spacial score (nSPS) is 10.6. The molecule has 6 heteroatoms. The van der Waals surface area contributed by atoms with Crippen LogP contribution in [0.1, 0.15) is 5.56 Å². The average Bonchev–Trinajstić information content (AvgIpc) is 2.13. The fraction of sp³-hybridized carbons (Fsp3) is 0.143. The van der Waals surface area contributed by atoms with Gasteiger partial charge in [-0.15, -0.1) is 0 Å². The van der Waals surface area contributed by atoms with Crippen LogP contribution in [0.4, 0.5) is 0 Å². The molecule has 13 heavy (non-hydrogen) atoms. The maximum absolute atomic E-state index is 5.62. The molecule has 0 bridgehead atoms. The zero-order valence-corrected chi connectivity index (χ0v) is 14.1. The second-order valence-electron chi connectivity index (χ2n) is 2.25. The average molecular weight is 502 g/mol. The van der Waals surface area contributed by atoms with E-state index in [0.717, 1.165) is 27.9 Å². The summed E-state index contributed by atoms with van der Waals surface area (Å²) in [7, 11) is 0. The van der Waals surface area contributed by atoms with E-state index < -0.39 is 0 Å². The second kappa shape index (κ2) is 5.07. The lowest BCUT2D eigenvalue weighted by molar-refractivity contribution is 1.04. The van der Waals surface area contributed by atoms with Crippen molar-refractivity contribution in [2.24, 2.45) is 5.73 Å². The number of hydrogen-bond donors (Lipinski definition) is 1. The summed E-state index contributed by atoms with van der Waals surface area (Å²) in [6.07, 6.45) is 0. The molecular formula is C7H4Br5N. The van der Waals surface area contributed by atoms with E-state index >= 15 is 0 Å². The number of benzene rings is 1. The minimum Gasteiger partial charge on any atom is -0.326 e. The van der Waals surface area contributed by atoms with Crippen molar-refractivity contribution in [3.05, 3.63) is 27.9 Å². The first-order valence-electron chi connectivity index (χ1n) is 3.21. The second-order valence-corrected chi connectivity index (χ2v) is 6.22. The predicted molar refractivity (Wildman–Crippen MR) is 72.8 cm³/mol. The Balaban J connectivity index is 3.56. The maximum Gasteiger partial charge on any atom is 0.0482 e. The Morgan fingerprint density at radius 1 is 0.692 bits per heavy atom. The van der Waals surface area contributed by atoms with Crippen LogP contribution in [0.15, 0.2) is 22.4 Å². The first-order valence-corrected chi connectivity index (χ1v) is 7.17. The van der Waals surface area contributed by atoms with Crippen LogP contribution in [0.25, 0.3) is 0 Å². The molecule has 0 aliphatic heterocycles. The minimum atomic E-state index is 0.478. The summed E-state index contributed by atoms with van der Waals surface area (Å²) in [5, 5.41) is 0. The summed E-state index contributed by atoms with van der Waals surface area (Å²) < 4.78 is 4.82. The topological polar surface area (TPSA) is 26.0 Å². The SMILES string of the molecule is NCc1c(Br)c(Br)c(Br)c(Br)c1Br. The van der Waals surface area contributed by atoms with Crippen LogP contribution < -0.4 is 5.73 Å². The molecule has 0 saturated heterocycles. The summed E-state index contributed by atoms with van der Waals surface area (Å²) in [5.74, 6) is 0. The highest BCUT2D eigenvalue weighted by Crippen LogP contribution is 2.44. The van der Waals surface area contributed by atoms with Crippen molar-refractivity contribution in [3.8, 4) is 0 Å². The van der Waals surface area contributed by atoms with Gasteiger partial charge in [0.2, 0.25) is 0 Å². The summed E-state index contributed by atoms with van der Waals surface area (Å²) in [6.45, 7) is 0.478. The number of rotatable bonds is 1. The van der Waals surface area contributed by atoms with Gasteiger partial charge in [0.15, 0.2) is 0 Å². The van der Waals surface area contributed by atoms with E-state index in [0.29, 0.717) is 6.54 Å². The van der Waals surface area contributed by atoms with E-state index in [1.165, 1.54) is 0 Å². The van der Waals surface area contributed by atoms with Gasteiger partial charge in [-0.25, -0.2) is 0 Å². The highest BCUT2D eigenvalue weighted by molar-refractivity contribution is 9.15. The Morgan fingerprint density at radius 3 is 1.31 bits per heavy atom. The van der Waals surface area contributed by atoms with E-state index in [4.69, 9.17) is 5.73 Å². The van der Waals surface area contributed by atoms with Crippen molar-refractivity contribution in [1.82, 2.24) is 0 Å². The molecule has 1 aromatic rings. The number of halogens is 5. The Bertz CT molecular complexity index is 320. The summed E-state index contributed by atoms with van der Waals surface area (Å²) in [6, 6.07) is 0. The van der Waals surface area contributed by atoms with Crippen molar-refractivity contribution in [3.63, 3.8) is 0 Å². The first kappa shape index (κ1) is 12.6. The standard InChI is InChI=1S/C7H4Br5N/c8-3-2(1-13)4(9)6(11)7(12)5(3)10/h1,13H2. The van der Waals surface area contributed by atoms with Gasteiger partial charge in [0.1, 0.15) is 0 Å². The van der Waals surface area contributed by atoms with Crippen LogP contribution in [0, 0.1) is 0 Å². The van der Waals surface area contributed by atoms with Crippen LogP contribution in [-0.2, 0) is 6.54 Å². The van der Waals surface area contributed by atoms with Crippen LogP contribution >= 0.6 is 79.6 Å². The van der Waals surface area contributed by atoms with Crippen molar-refractivity contribution in [1.29, 1.82) is 0 Å². The molecule has 0 unspecified atom stereocenters. The van der Waals surface area contributed by atoms with Crippen LogP contribution in [0.5, 0.6) is 0 Å². The predicted octanol–water partition coefficient (Wildman–Crippen LogP) is 4.96. The van der Waals surface area contributed by atoms with Crippen molar-refractivity contribution < 1.29 is 0 Å². The zero-order chi connectivity index (χ0) is 10.2. The van der Waals surface area contributed by atoms with Crippen molar-refractivity contribution >= 4 is 79.6 Å².